The molecule has 1 fully saturated rings. The van der Waals surface area contributed by atoms with Crippen LogP contribution in [0.5, 0.6) is 0 Å². The van der Waals surface area contributed by atoms with Gasteiger partial charge in [-0.25, -0.2) is 14.3 Å². The molecule has 1 aromatic rings. The molecule has 2 heterocycles. The molecule has 0 spiro atoms. The third-order valence-corrected chi connectivity index (χ3v) is 5.11. The molecule has 0 aliphatic carbocycles. The van der Waals surface area contributed by atoms with Crippen molar-refractivity contribution in [1.82, 2.24) is 14.6 Å². The predicted molar refractivity (Wildman–Crippen MR) is 96.1 cm³/mol. The summed E-state index contributed by atoms with van der Waals surface area (Å²) in [6.07, 6.45) is -4.13. The molecule has 6 atom stereocenters. The smallest absolute Gasteiger partial charge is 0.330 e. The summed E-state index contributed by atoms with van der Waals surface area (Å²) >= 11 is 0. The number of aliphatic hydroxyl groups excluding tert-OH is 2. The number of carbonyl (C=O) groups excluding carboxylic acids is 1. The molecule has 1 aliphatic rings. The average molecular weight is 439 g/mol. The third kappa shape index (κ3) is 5.59. The molecule has 1 aromatic heterocycles. The Bertz CT molecular complexity index is 862. The Morgan fingerprint density at radius 1 is 1.52 bits per heavy atom. The highest BCUT2D eigenvalue weighted by Crippen LogP contribution is 2.39. The molecule has 2 rings (SSSR count). The number of aliphatic hydroxyl groups is 2. The van der Waals surface area contributed by atoms with Crippen molar-refractivity contribution < 1.29 is 38.0 Å². The summed E-state index contributed by atoms with van der Waals surface area (Å²) in [4.78, 5) is 36.4. The predicted octanol–water partition coefficient (Wildman–Crippen LogP) is -1.21. The highest BCUT2D eigenvalue weighted by Gasteiger charge is 2.56. The number of H-pyrrole nitrogens is 1. The van der Waals surface area contributed by atoms with Crippen LogP contribution in [-0.4, -0.2) is 63.1 Å². The zero-order valence-electron chi connectivity index (χ0n) is 15.7. The Kier molecular flexibility index (Phi) is 7.86. The maximum absolute atomic E-state index is 14.9. The van der Waals surface area contributed by atoms with E-state index in [4.69, 9.17) is 14.0 Å². The Morgan fingerprint density at radius 2 is 2.21 bits per heavy atom. The number of ether oxygens (including phenoxy) is 2. The quantitative estimate of drug-likeness (QED) is 0.271. The number of carbonyl (C=O) groups is 1. The molecule has 4 N–H and O–H groups in total. The van der Waals surface area contributed by atoms with Gasteiger partial charge >= 0.3 is 11.7 Å². The van der Waals surface area contributed by atoms with Gasteiger partial charge in [0.25, 0.3) is 19.6 Å². The van der Waals surface area contributed by atoms with E-state index in [1.807, 2.05) is 4.98 Å². The van der Waals surface area contributed by atoms with Crippen LogP contribution in [0.4, 0.5) is 4.39 Å². The average Bonchev–Trinajstić information content (AvgIpc) is 2.89. The van der Waals surface area contributed by atoms with E-state index in [0.29, 0.717) is 11.0 Å². The van der Waals surface area contributed by atoms with E-state index in [1.54, 1.807) is 6.92 Å². The number of esters is 1. The number of aromatic amines is 1. The van der Waals surface area contributed by atoms with Crippen molar-refractivity contribution in [3.05, 3.63) is 33.1 Å². The lowest BCUT2D eigenvalue weighted by molar-refractivity contribution is -0.202. The first kappa shape index (κ1) is 23.4. The zero-order valence-corrected chi connectivity index (χ0v) is 16.7. The molecule has 1 saturated heterocycles. The van der Waals surface area contributed by atoms with Crippen LogP contribution in [0.3, 0.4) is 0 Å². The molecule has 164 valence electrons. The maximum Gasteiger partial charge on any atom is 0.330 e. The van der Waals surface area contributed by atoms with Crippen molar-refractivity contribution in [2.75, 3.05) is 13.2 Å². The van der Waals surface area contributed by atoms with Crippen molar-refractivity contribution in [2.24, 2.45) is 0 Å². The van der Waals surface area contributed by atoms with Gasteiger partial charge in [0, 0.05) is 12.3 Å². The van der Waals surface area contributed by atoms with Gasteiger partial charge in [0.05, 0.1) is 6.61 Å². The minimum absolute atomic E-state index is 0.184. The van der Waals surface area contributed by atoms with Gasteiger partial charge in [0.2, 0.25) is 0 Å². The number of nitrogens with one attached hydrogen (secondary N) is 2. The lowest BCUT2D eigenvalue weighted by Gasteiger charge is -2.23. The van der Waals surface area contributed by atoms with E-state index in [0.717, 1.165) is 12.3 Å². The van der Waals surface area contributed by atoms with Crippen LogP contribution < -0.4 is 16.3 Å². The fourth-order valence-electron chi connectivity index (χ4n) is 2.49. The normalized spacial score (nSPS) is 28.8. The standard InChI is InChI=1S/C15H23FN3O9P/c1-3-6-26-13(23)8(2)18-29(25)27-7-15(16)11(22)10(21)12(28-15)19-5-4-9(20)17-14(19)24/h4-5,8,10-12,21-22,29H,3,6-7H2,1-2H3,(H,18,25)(H,17,20,24)/t8-,10+,11-,12+,15+/m0/s1. The molecule has 1 aliphatic heterocycles. The molecule has 0 bridgehead atoms. The van der Waals surface area contributed by atoms with E-state index in [1.165, 1.54) is 6.92 Å². The first-order valence-corrected chi connectivity index (χ1v) is 10.0. The molecule has 0 radical (unpaired) electrons. The van der Waals surface area contributed by atoms with Gasteiger partial charge < -0.3 is 24.2 Å². The Labute approximate surface area is 164 Å². The van der Waals surface area contributed by atoms with Gasteiger partial charge in [0.1, 0.15) is 24.9 Å². The lowest BCUT2D eigenvalue weighted by atomic mass is 10.1. The number of rotatable bonds is 9. The van der Waals surface area contributed by atoms with Crippen LogP contribution >= 0.6 is 8.18 Å². The molecule has 12 nitrogen and oxygen atoms in total. The molecule has 1 unspecified atom stereocenters. The first-order valence-electron chi connectivity index (χ1n) is 8.73. The van der Waals surface area contributed by atoms with E-state index < -0.39 is 62.3 Å². The van der Waals surface area contributed by atoms with Crippen molar-refractivity contribution in [1.29, 1.82) is 0 Å². The third-order valence-electron chi connectivity index (χ3n) is 4.04. The summed E-state index contributed by atoms with van der Waals surface area (Å²) < 4.78 is 42.2. The van der Waals surface area contributed by atoms with Gasteiger partial charge in [0.15, 0.2) is 6.23 Å². The number of hydrogen-bond acceptors (Lipinski definition) is 9. The van der Waals surface area contributed by atoms with Gasteiger partial charge in [-0.2, -0.15) is 0 Å². The van der Waals surface area contributed by atoms with Crippen LogP contribution in [-0.2, 0) is 23.4 Å². The number of nitrogens with zero attached hydrogens (tertiary/aromatic N) is 1. The number of halogens is 1. The summed E-state index contributed by atoms with van der Waals surface area (Å²) in [7, 11) is -3.15. The SMILES string of the molecule is CCCOC(=O)[C@H](C)N[PH](=O)OC[C@@]1(F)O[C@@H](n2ccc(=O)[nH]c2=O)[C@H](O)[C@@H]1O. The zero-order chi connectivity index (χ0) is 21.8. The number of aromatic nitrogens is 2. The van der Waals surface area contributed by atoms with Crippen LogP contribution in [0.1, 0.15) is 26.5 Å². The van der Waals surface area contributed by atoms with Gasteiger partial charge in [-0.05, 0) is 13.3 Å². The molecular formula is C15H23FN3O9P. The summed E-state index contributed by atoms with van der Waals surface area (Å²) in [5.41, 5.74) is -1.71. The van der Waals surface area contributed by atoms with Crippen molar-refractivity contribution in [3.8, 4) is 0 Å². The van der Waals surface area contributed by atoms with Crippen LogP contribution in [0.15, 0.2) is 21.9 Å². The summed E-state index contributed by atoms with van der Waals surface area (Å²) in [5, 5.41) is 22.3. The fourth-order valence-corrected chi connectivity index (χ4v) is 3.37. The largest absolute Gasteiger partial charge is 0.465 e. The molecule has 14 heteroatoms. The van der Waals surface area contributed by atoms with Gasteiger partial charge in [-0.15, -0.1) is 0 Å². The second-order valence-electron chi connectivity index (χ2n) is 6.36. The van der Waals surface area contributed by atoms with Crippen LogP contribution in [0, 0.1) is 0 Å². The van der Waals surface area contributed by atoms with Gasteiger partial charge in [-0.1, -0.05) is 6.92 Å². The minimum Gasteiger partial charge on any atom is -0.465 e. The highest BCUT2D eigenvalue weighted by atomic mass is 31.1. The second-order valence-corrected chi connectivity index (χ2v) is 7.51. The van der Waals surface area contributed by atoms with Crippen molar-refractivity contribution >= 4 is 14.1 Å². The Morgan fingerprint density at radius 3 is 2.83 bits per heavy atom. The molecule has 29 heavy (non-hydrogen) atoms. The fraction of sp³-hybridized carbons (Fsp3) is 0.667. The first-order chi connectivity index (χ1) is 13.6. The highest BCUT2D eigenvalue weighted by molar-refractivity contribution is 7.36. The van der Waals surface area contributed by atoms with E-state index in [2.05, 4.69) is 5.09 Å². The number of hydrogen-bond donors (Lipinski definition) is 4. The van der Waals surface area contributed by atoms with E-state index in [9.17, 15) is 33.6 Å². The Balaban J connectivity index is 1.99. The topological polar surface area (TPSA) is 169 Å². The molecule has 0 saturated carbocycles. The molecule has 0 aromatic carbocycles. The Hall–Kier alpha value is -1.89. The van der Waals surface area contributed by atoms with E-state index >= 15 is 0 Å². The van der Waals surface area contributed by atoms with Crippen LogP contribution in [0.25, 0.3) is 0 Å². The summed E-state index contributed by atoms with van der Waals surface area (Å²) in [6.45, 7) is 2.29. The lowest BCUT2D eigenvalue weighted by Crippen LogP contribution is -2.43. The van der Waals surface area contributed by atoms with Crippen molar-refractivity contribution in [2.45, 2.75) is 50.6 Å². The minimum atomic E-state index is -3.15. The van der Waals surface area contributed by atoms with Gasteiger partial charge in [-0.3, -0.25) is 23.7 Å². The maximum atomic E-state index is 14.9. The van der Waals surface area contributed by atoms with Crippen molar-refractivity contribution in [3.63, 3.8) is 0 Å². The molecule has 0 amide bonds. The number of alkyl halides is 1. The molecular weight excluding hydrogens is 416 g/mol. The monoisotopic (exact) mass is 439 g/mol. The summed E-state index contributed by atoms with van der Waals surface area (Å²) in [5.74, 6) is -3.68. The van der Waals surface area contributed by atoms with E-state index in [-0.39, 0.29) is 6.61 Å². The summed E-state index contributed by atoms with van der Waals surface area (Å²) in [6, 6.07) is -0.0451. The van der Waals surface area contributed by atoms with Crippen LogP contribution in [0.2, 0.25) is 0 Å². The second kappa shape index (κ2) is 9.74.